The number of amides is 2. The van der Waals surface area contributed by atoms with Gasteiger partial charge in [0.25, 0.3) is 25.8 Å². The fraction of sp³-hybridized carbons (Fsp3) is 0.556. The summed E-state index contributed by atoms with van der Waals surface area (Å²) in [5.74, 6) is 0.658. The van der Waals surface area contributed by atoms with Crippen LogP contribution in [-0.4, -0.2) is 169 Å². The average Bonchev–Trinajstić information content (AvgIpc) is 2.66. The zero-order valence-electron chi connectivity index (χ0n) is 49.1. The summed E-state index contributed by atoms with van der Waals surface area (Å²) < 4.78 is 111. The zero-order valence-corrected chi connectivity index (χ0v) is 52.3. The maximum Gasteiger partial charge on any atom is 0.501 e. The predicted molar refractivity (Wildman–Crippen MR) is 328 cm³/mol. The van der Waals surface area contributed by atoms with Gasteiger partial charge in [-0.3, -0.25) is 14.6 Å². The number of carbonyl (C=O) groups is 2. The van der Waals surface area contributed by atoms with Crippen LogP contribution in [0.3, 0.4) is 0 Å². The van der Waals surface area contributed by atoms with Gasteiger partial charge in [-0.05, 0) is 187 Å². The van der Waals surface area contributed by atoms with E-state index >= 15 is 0 Å². The van der Waals surface area contributed by atoms with Gasteiger partial charge in [-0.2, -0.15) is 13.2 Å². The quantitative estimate of drug-likeness (QED) is 0.0853. The third-order valence-electron chi connectivity index (χ3n) is 18.0. The van der Waals surface area contributed by atoms with E-state index in [9.17, 15) is 39.6 Å². The van der Waals surface area contributed by atoms with Gasteiger partial charge < -0.3 is 29.5 Å². The molecule has 4 atom stereocenters. The van der Waals surface area contributed by atoms with Crippen molar-refractivity contribution in [1.82, 2.24) is 24.3 Å². The van der Waals surface area contributed by atoms with Crippen LogP contribution in [-0.2, 0) is 29.3 Å². The van der Waals surface area contributed by atoms with Crippen LogP contribution < -0.4 is 14.9 Å². The number of hydrogen-bond donors (Lipinski definition) is 2. The Kier molecular flexibility index (Phi) is 19.7. The SMILES string of the molecule is CC1(CN2CCC(C3CCN(C(=O)OC(C)(C)C)CC3)CC2)CCC(c2ccc(Cl)cc2)=C(CN2CCN(c3ccc(C(=O)NS(=O)(=O)c4ccc(N[C@H](CCN5C[C@H]6C[C@@H]5CO6)CSc5ccccc5)c(S(=O)(=O)C(F)(F)F)c4)cc3)CC2)C1. The molecule has 462 valence electrons. The Morgan fingerprint density at radius 1 is 0.835 bits per heavy atom. The first-order valence-electron chi connectivity index (χ1n) is 29.9. The van der Waals surface area contributed by atoms with Gasteiger partial charge in [0.15, 0.2) is 0 Å². The minimum absolute atomic E-state index is 0.00673. The Morgan fingerprint density at radius 2 is 1.51 bits per heavy atom. The molecule has 4 aromatic rings. The van der Waals surface area contributed by atoms with Crippen molar-refractivity contribution in [1.29, 1.82) is 0 Å². The Morgan fingerprint density at radius 3 is 2.13 bits per heavy atom. The number of rotatable bonds is 19. The second-order valence-electron chi connectivity index (χ2n) is 25.4. The third-order valence-corrected chi connectivity index (χ3v) is 22.3. The smallest absolute Gasteiger partial charge is 0.444 e. The number of morpholine rings is 1. The van der Waals surface area contributed by atoms with Gasteiger partial charge in [-0.15, -0.1) is 11.8 Å². The van der Waals surface area contributed by atoms with Gasteiger partial charge in [0.2, 0.25) is 0 Å². The number of ether oxygens (including phenoxy) is 2. The van der Waals surface area contributed by atoms with Crippen molar-refractivity contribution in [3.8, 4) is 0 Å². The van der Waals surface area contributed by atoms with Gasteiger partial charge in [0.05, 0.1) is 23.3 Å². The molecule has 2 N–H and O–H groups in total. The highest BCUT2D eigenvalue weighted by Crippen LogP contribution is 2.45. The number of piperazine rings is 1. The number of anilines is 2. The lowest BCUT2D eigenvalue weighted by Gasteiger charge is -2.45. The number of likely N-dealkylation sites (tertiary alicyclic amines) is 3. The highest BCUT2D eigenvalue weighted by Gasteiger charge is 2.49. The second-order valence-corrected chi connectivity index (χ2v) is 30.6. The normalized spacial score (nSPS) is 23.1. The first-order valence-corrected chi connectivity index (χ1v) is 34.3. The summed E-state index contributed by atoms with van der Waals surface area (Å²) in [7, 11) is -11.0. The van der Waals surface area contributed by atoms with Crippen LogP contribution in [0, 0.1) is 17.3 Å². The molecule has 2 amide bonds. The molecule has 6 aliphatic rings. The fourth-order valence-corrected chi connectivity index (χ4v) is 16.6. The van der Waals surface area contributed by atoms with Crippen molar-refractivity contribution in [3.05, 3.63) is 119 Å². The summed E-state index contributed by atoms with van der Waals surface area (Å²) in [6, 6.07) is 26.3. The monoisotopic (exact) mass is 1250 g/mol. The third kappa shape index (κ3) is 15.9. The summed E-state index contributed by atoms with van der Waals surface area (Å²) in [5.41, 5.74) is -1.63. The van der Waals surface area contributed by atoms with Crippen molar-refractivity contribution in [2.75, 3.05) is 101 Å². The molecule has 0 radical (unpaired) electrons. The molecular weight excluding hydrogens is 1170 g/mol. The van der Waals surface area contributed by atoms with Gasteiger partial charge in [-0.25, -0.2) is 26.4 Å². The van der Waals surface area contributed by atoms with Gasteiger partial charge in [-0.1, -0.05) is 54.4 Å². The molecule has 0 aromatic heterocycles. The molecule has 15 nitrogen and oxygen atoms in total. The van der Waals surface area contributed by atoms with Crippen LogP contribution in [0.1, 0.15) is 101 Å². The van der Waals surface area contributed by atoms with E-state index in [2.05, 4.69) is 44.0 Å². The lowest BCUT2D eigenvalue weighted by molar-refractivity contribution is -0.0436. The standard InChI is InChI=1S/C63H81ClF3N7O8S3/c1-61(2,3)82-60(76)73-29-23-45(24-30-73)44-21-27-71(28-22-44)43-62(4)26-20-56(46-10-14-49(64)15-11-46)48(38-62)39-70-32-34-72(35-33-70)51-16-12-47(13-17-51)59(75)69-85(79,80)55-18-19-57(58(37-55)84(77,78)63(65,66)67)68-50(42-83-54-8-6-5-7-9-54)25-31-74-40-53-36-52(74)41-81-53/h5-19,37,44-45,50,52-53,68H,20-36,38-43H2,1-4H3,(H,69,75)/t50-,52-,53-,62?/m1/s1. The number of carbonyl (C=O) groups excluding carboxylic acids is 2. The number of nitrogens with zero attached hydrogens (tertiary/aromatic N) is 5. The Hall–Kier alpha value is -4.87. The number of halogens is 4. The van der Waals surface area contributed by atoms with Crippen LogP contribution in [0.5, 0.6) is 0 Å². The number of nitrogens with one attached hydrogen (secondary N) is 2. The number of sulfone groups is 1. The maximum atomic E-state index is 14.4. The number of benzene rings is 4. The summed E-state index contributed by atoms with van der Waals surface area (Å²) in [5, 5.41) is 3.75. The van der Waals surface area contributed by atoms with Crippen molar-refractivity contribution >= 4 is 72.2 Å². The highest BCUT2D eigenvalue weighted by molar-refractivity contribution is 7.99. The van der Waals surface area contributed by atoms with E-state index in [0.29, 0.717) is 61.3 Å². The predicted octanol–water partition coefficient (Wildman–Crippen LogP) is 11.3. The molecule has 1 aliphatic carbocycles. The van der Waals surface area contributed by atoms with E-state index in [4.69, 9.17) is 21.1 Å². The Bertz CT molecular complexity index is 3240. The number of alkyl halides is 3. The van der Waals surface area contributed by atoms with Crippen molar-refractivity contribution in [3.63, 3.8) is 0 Å². The molecule has 10 rings (SSSR count). The lowest BCUT2D eigenvalue weighted by atomic mass is 9.70. The minimum atomic E-state index is -6.08. The van der Waals surface area contributed by atoms with E-state index in [1.165, 1.54) is 53.4 Å². The first-order chi connectivity index (χ1) is 40.4. The Labute approximate surface area is 509 Å². The molecule has 1 unspecified atom stereocenters. The minimum Gasteiger partial charge on any atom is -0.444 e. The zero-order chi connectivity index (χ0) is 60.3. The topological polar surface area (TPSA) is 161 Å². The van der Waals surface area contributed by atoms with Crippen LogP contribution in [0.25, 0.3) is 5.57 Å². The number of sulfonamides is 1. The average molecular weight is 1250 g/mol. The van der Waals surface area contributed by atoms with Crippen LogP contribution in [0.2, 0.25) is 5.02 Å². The molecule has 22 heteroatoms. The molecule has 5 aliphatic heterocycles. The van der Waals surface area contributed by atoms with Crippen LogP contribution >= 0.6 is 23.4 Å². The number of thioether (sulfide) groups is 1. The van der Waals surface area contributed by atoms with Crippen LogP contribution in [0.4, 0.5) is 29.3 Å². The summed E-state index contributed by atoms with van der Waals surface area (Å²) in [6.07, 6.45) is 8.79. The summed E-state index contributed by atoms with van der Waals surface area (Å²) in [4.78, 5) is 36.7. The van der Waals surface area contributed by atoms with E-state index in [1.807, 2.05) is 72.9 Å². The van der Waals surface area contributed by atoms with Crippen molar-refractivity contribution < 1.29 is 49.1 Å². The van der Waals surface area contributed by atoms with Crippen molar-refractivity contribution in [2.45, 2.75) is 129 Å². The molecule has 2 bridgehead atoms. The van der Waals surface area contributed by atoms with Gasteiger partial charge >= 0.3 is 11.6 Å². The number of hydrogen-bond acceptors (Lipinski definition) is 14. The van der Waals surface area contributed by atoms with Crippen LogP contribution in [0.15, 0.2) is 117 Å². The highest BCUT2D eigenvalue weighted by atomic mass is 35.5. The molecule has 85 heavy (non-hydrogen) atoms. The number of fused-ring (bicyclic) bond motifs is 2. The van der Waals surface area contributed by atoms with E-state index < -0.39 is 58.4 Å². The van der Waals surface area contributed by atoms with Gasteiger partial charge in [0, 0.05) is 104 Å². The molecule has 5 saturated heterocycles. The summed E-state index contributed by atoms with van der Waals surface area (Å²) >= 11 is 7.83. The van der Waals surface area contributed by atoms with Crippen molar-refractivity contribution in [2.24, 2.45) is 17.3 Å². The Balaban J connectivity index is 0.747. The maximum absolute atomic E-state index is 14.4. The lowest BCUT2D eigenvalue weighted by Crippen LogP contribution is -2.48. The van der Waals surface area contributed by atoms with E-state index in [-0.39, 0.29) is 29.2 Å². The largest absolute Gasteiger partial charge is 0.501 e. The second kappa shape index (κ2) is 26.5. The molecule has 5 heterocycles. The fourth-order valence-electron chi connectivity index (χ4n) is 13.4. The van der Waals surface area contributed by atoms with E-state index in [1.54, 1.807) is 12.1 Å². The molecule has 0 saturated carbocycles. The van der Waals surface area contributed by atoms with E-state index in [0.717, 1.165) is 120 Å². The summed E-state index contributed by atoms with van der Waals surface area (Å²) in [6.45, 7) is 18.7. The molecular formula is C63H81ClF3N7O8S3. The number of piperidine rings is 2. The molecule has 4 aromatic carbocycles. The number of allylic oxidation sites excluding steroid dienone is 1. The molecule has 0 spiro atoms. The molecule has 5 fully saturated rings. The first kappa shape index (κ1) is 63.2. The van der Waals surface area contributed by atoms with Gasteiger partial charge in [0.1, 0.15) is 10.5 Å².